The maximum atomic E-state index is 12.5. The van der Waals surface area contributed by atoms with Crippen LogP contribution in [0.4, 0.5) is 11.5 Å². The molecule has 1 aromatic heterocycles. The minimum absolute atomic E-state index is 0.0463. The molecule has 7 nitrogen and oxygen atoms in total. The molecule has 2 heterocycles. The van der Waals surface area contributed by atoms with E-state index in [0.29, 0.717) is 31.0 Å². The molecule has 3 rings (SSSR count). The zero-order valence-corrected chi connectivity index (χ0v) is 14.8. The van der Waals surface area contributed by atoms with Gasteiger partial charge in [-0.1, -0.05) is 19.3 Å². The Labute approximate surface area is 148 Å². The Bertz CT molecular complexity index is 635. The summed E-state index contributed by atoms with van der Waals surface area (Å²) in [6.45, 7) is 4.57. The Morgan fingerprint density at radius 1 is 1.24 bits per heavy atom. The molecule has 1 saturated carbocycles. The Morgan fingerprint density at radius 3 is 2.52 bits per heavy atom. The molecule has 0 bridgehead atoms. The molecule has 1 aromatic rings. The molecule has 1 saturated heterocycles. The second kappa shape index (κ2) is 7.80. The number of carbonyl (C=O) groups excluding carboxylic acids is 1. The van der Waals surface area contributed by atoms with E-state index >= 15 is 0 Å². The number of nitro groups is 1. The van der Waals surface area contributed by atoms with Crippen LogP contribution >= 0.6 is 0 Å². The highest BCUT2D eigenvalue weighted by atomic mass is 16.6. The van der Waals surface area contributed by atoms with Crippen molar-refractivity contribution in [3.63, 3.8) is 0 Å². The van der Waals surface area contributed by atoms with Crippen molar-refractivity contribution < 1.29 is 9.72 Å². The summed E-state index contributed by atoms with van der Waals surface area (Å²) in [5.74, 6) is 1.60. The standard InChI is InChI=1S/C18H26N4O3/c1-14-11-17(19-13-16(14)22(24)25)20-7-9-21(10-8-20)18(23)12-15-5-3-2-4-6-15/h11,13,15H,2-10,12H2,1H3. The molecular weight excluding hydrogens is 320 g/mol. The van der Waals surface area contributed by atoms with Gasteiger partial charge in [0.05, 0.1) is 4.92 Å². The van der Waals surface area contributed by atoms with E-state index in [4.69, 9.17) is 0 Å². The van der Waals surface area contributed by atoms with Crippen LogP contribution in [0.15, 0.2) is 12.3 Å². The Morgan fingerprint density at radius 2 is 1.92 bits per heavy atom. The van der Waals surface area contributed by atoms with Gasteiger partial charge in [-0.3, -0.25) is 14.9 Å². The van der Waals surface area contributed by atoms with Crippen LogP contribution < -0.4 is 4.90 Å². The lowest BCUT2D eigenvalue weighted by Gasteiger charge is -2.36. The molecule has 136 valence electrons. The van der Waals surface area contributed by atoms with Crippen molar-refractivity contribution in [3.05, 3.63) is 27.9 Å². The van der Waals surface area contributed by atoms with Gasteiger partial charge in [0, 0.05) is 38.2 Å². The van der Waals surface area contributed by atoms with Crippen LogP contribution in [0.5, 0.6) is 0 Å². The molecule has 0 aromatic carbocycles. The summed E-state index contributed by atoms with van der Waals surface area (Å²) < 4.78 is 0. The van der Waals surface area contributed by atoms with E-state index in [1.165, 1.54) is 38.3 Å². The van der Waals surface area contributed by atoms with Crippen LogP contribution in [0.2, 0.25) is 0 Å². The first-order chi connectivity index (χ1) is 12.0. The van der Waals surface area contributed by atoms with Gasteiger partial charge in [-0.25, -0.2) is 4.98 Å². The minimum atomic E-state index is -0.409. The van der Waals surface area contributed by atoms with Crippen molar-refractivity contribution in [2.75, 3.05) is 31.1 Å². The summed E-state index contributed by atoms with van der Waals surface area (Å²) in [5.41, 5.74) is 0.663. The number of hydrogen-bond donors (Lipinski definition) is 0. The zero-order chi connectivity index (χ0) is 17.8. The molecule has 7 heteroatoms. The molecule has 0 unspecified atom stereocenters. The predicted molar refractivity (Wildman–Crippen MR) is 95.6 cm³/mol. The highest BCUT2D eigenvalue weighted by Crippen LogP contribution is 2.27. The monoisotopic (exact) mass is 346 g/mol. The Hall–Kier alpha value is -2.18. The molecule has 0 atom stereocenters. The maximum Gasteiger partial charge on any atom is 0.290 e. The van der Waals surface area contributed by atoms with Gasteiger partial charge in [-0.2, -0.15) is 0 Å². The molecule has 1 aliphatic carbocycles. The van der Waals surface area contributed by atoms with Crippen molar-refractivity contribution in [3.8, 4) is 0 Å². The fraction of sp³-hybridized carbons (Fsp3) is 0.667. The van der Waals surface area contributed by atoms with Crippen LogP contribution in [0.25, 0.3) is 0 Å². The molecule has 1 amide bonds. The van der Waals surface area contributed by atoms with Gasteiger partial charge in [-0.05, 0) is 31.7 Å². The molecule has 2 aliphatic rings. The summed E-state index contributed by atoms with van der Waals surface area (Å²) in [6.07, 6.45) is 8.23. The number of anilines is 1. The van der Waals surface area contributed by atoms with Gasteiger partial charge in [0.1, 0.15) is 12.0 Å². The number of hydrogen-bond acceptors (Lipinski definition) is 5. The molecule has 25 heavy (non-hydrogen) atoms. The molecule has 2 fully saturated rings. The number of amides is 1. The summed E-state index contributed by atoms with van der Waals surface area (Å²) in [4.78, 5) is 31.3. The average molecular weight is 346 g/mol. The second-order valence-electron chi connectivity index (χ2n) is 7.16. The minimum Gasteiger partial charge on any atom is -0.353 e. The number of rotatable bonds is 4. The first-order valence-electron chi connectivity index (χ1n) is 9.18. The van der Waals surface area contributed by atoms with E-state index in [1.54, 1.807) is 13.0 Å². The number of piperazine rings is 1. The second-order valence-corrected chi connectivity index (χ2v) is 7.16. The van der Waals surface area contributed by atoms with Crippen molar-refractivity contribution in [1.82, 2.24) is 9.88 Å². The third-order valence-electron chi connectivity index (χ3n) is 5.41. The Kier molecular flexibility index (Phi) is 5.50. The number of carbonyl (C=O) groups is 1. The third kappa shape index (κ3) is 4.27. The van der Waals surface area contributed by atoms with Crippen LogP contribution in [0, 0.1) is 23.0 Å². The van der Waals surface area contributed by atoms with E-state index in [-0.39, 0.29) is 11.6 Å². The predicted octanol–water partition coefficient (Wildman–Crippen LogP) is 2.92. The van der Waals surface area contributed by atoms with Gasteiger partial charge >= 0.3 is 0 Å². The van der Waals surface area contributed by atoms with E-state index in [2.05, 4.69) is 9.88 Å². The lowest BCUT2D eigenvalue weighted by atomic mass is 9.86. The van der Waals surface area contributed by atoms with E-state index in [0.717, 1.165) is 18.9 Å². The van der Waals surface area contributed by atoms with Crippen LogP contribution in [0.3, 0.4) is 0 Å². The third-order valence-corrected chi connectivity index (χ3v) is 5.41. The number of aromatic nitrogens is 1. The highest BCUT2D eigenvalue weighted by Gasteiger charge is 2.25. The maximum absolute atomic E-state index is 12.5. The largest absolute Gasteiger partial charge is 0.353 e. The van der Waals surface area contributed by atoms with Gasteiger partial charge < -0.3 is 9.80 Å². The van der Waals surface area contributed by atoms with Crippen molar-refractivity contribution in [2.45, 2.75) is 45.4 Å². The SMILES string of the molecule is Cc1cc(N2CCN(C(=O)CC3CCCCC3)CC2)ncc1[N+](=O)[O-]. The van der Waals surface area contributed by atoms with Crippen molar-refractivity contribution in [1.29, 1.82) is 0 Å². The summed E-state index contributed by atoms with van der Waals surface area (Å²) in [5, 5.41) is 10.9. The fourth-order valence-corrected chi connectivity index (χ4v) is 3.85. The molecule has 1 aliphatic heterocycles. The van der Waals surface area contributed by atoms with Gasteiger partial charge in [-0.15, -0.1) is 0 Å². The Balaban J connectivity index is 1.53. The van der Waals surface area contributed by atoms with Crippen LogP contribution in [-0.4, -0.2) is 46.9 Å². The first kappa shape index (κ1) is 17.6. The molecular formula is C18H26N4O3. The van der Waals surface area contributed by atoms with Crippen LogP contribution in [0.1, 0.15) is 44.1 Å². The smallest absolute Gasteiger partial charge is 0.290 e. The topological polar surface area (TPSA) is 79.6 Å². The molecule has 0 radical (unpaired) electrons. The molecule has 0 spiro atoms. The first-order valence-corrected chi connectivity index (χ1v) is 9.18. The average Bonchev–Trinajstić information content (AvgIpc) is 2.62. The van der Waals surface area contributed by atoms with E-state index < -0.39 is 4.92 Å². The van der Waals surface area contributed by atoms with Gasteiger partial charge in [0.15, 0.2) is 0 Å². The molecule has 0 N–H and O–H groups in total. The number of aryl methyl sites for hydroxylation is 1. The highest BCUT2D eigenvalue weighted by molar-refractivity contribution is 5.76. The van der Waals surface area contributed by atoms with Gasteiger partial charge in [0.25, 0.3) is 5.69 Å². The van der Waals surface area contributed by atoms with Gasteiger partial charge in [0.2, 0.25) is 5.91 Å². The summed E-state index contributed by atoms with van der Waals surface area (Å²) >= 11 is 0. The van der Waals surface area contributed by atoms with E-state index in [1.807, 2.05) is 4.90 Å². The zero-order valence-electron chi connectivity index (χ0n) is 14.8. The quantitative estimate of drug-likeness (QED) is 0.618. The van der Waals surface area contributed by atoms with Crippen molar-refractivity contribution in [2.24, 2.45) is 5.92 Å². The fourth-order valence-electron chi connectivity index (χ4n) is 3.85. The van der Waals surface area contributed by atoms with Crippen LogP contribution in [-0.2, 0) is 4.79 Å². The number of nitrogens with zero attached hydrogens (tertiary/aromatic N) is 4. The lowest BCUT2D eigenvalue weighted by molar-refractivity contribution is -0.385. The summed E-state index contributed by atoms with van der Waals surface area (Å²) in [7, 11) is 0. The van der Waals surface area contributed by atoms with Crippen molar-refractivity contribution >= 4 is 17.4 Å². The normalized spacial score (nSPS) is 19.1. The lowest BCUT2D eigenvalue weighted by Crippen LogP contribution is -2.49. The van der Waals surface area contributed by atoms with E-state index in [9.17, 15) is 14.9 Å². The number of pyridine rings is 1. The summed E-state index contributed by atoms with van der Waals surface area (Å²) in [6, 6.07) is 1.76.